The van der Waals surface area contributed by atoms with E-state index in [1.54, 1.807) is 12.1 Å². The van der Waals surface area contributed by atoms with Gasteiger partial charge in [0.05, 0.1) is 0 Å². The van der Waals surface area contributed by atoms with Gasteiger partial charge in [-0.2, -0.15) is 0 Å². The minimum absolute atomic E-state index is 0.0719. The first kappa shape index (κ1) is 18.5. The van der Waals surface area contributed by atoms with Gasteiger partial charge in [-0.25, -0.2) is 0 Å². The fraction of sp³-hybridized carbons (Fsp3) is 0.579. The normalized spacial score (nSPS) is 15.0. The topological polar surface area (TPSA) is 61.4 Å². The molecule has 5 heteroatoms. The van der Waals surface area contributed by atoms with Crippen molar-refractivity contribution in [2.24, 2.45) is 0 Å². The van der Waals surface area contributed by atoms with E-state index in [2.05, 4.69) is 15.5 Å². The van der Waals surface area contributed by atoms with E-state index >= 15 is 0 Å². The zero-order chi connectivity index (χ0) is 17.0. The van der Waals surface area contributed by atoms with Crippen LogP contribution in [0.15, 0.2) is 30.3 Å². The molecule has 1 saturated heterocycles. The van der Waals surface area contributed by atoms with Crippen LogP contribution in [0.25, 0.3) is 0 Å². The summed E-state index contributed by atoms with van der Waals surface area (Å²) >= 11 is 0. The van der Waals surface area contributed by atoms with Crippen LogP contribution in [-0.2, 0) is 4.79 Å². The average Bonchev–Trinajstić information content (AvgIpc) is 2.64. The fourth-order valence-electron chi connectivity index (χ4n) is 2.94. The van der Waals surface area contributed by atoms with Crippen molar-refractivity contribution in [1.82, 2.24) is 15.5 Å². The van der Waals surface area contributed by atoms with Gasteiger partial charge in [-0.15, -0.1) is 0 Å². The standard InChI is InChI=1S/C19H29N3O2/c23-18(20-13-8-16-22-14-5-2-6-15-22)11-7-12-21-19(24)17-9-3-1-4-10-17/h1,3-4,9-10H,2,5-8,11-16H2,(H,20,23)(H,21,24). The molecule has 1 aliphatic rings. The minimum Gasteiger partial charge on any atom is -0.356 e. The maximum atomic E-state index is 11.8. The monoisotopic (exact) mass is 331 g/mol. The van der Waals surface area contributed by atoms with Crippen LogP contribution in [0.4, 0.5) is 0 Å². The van der Waals surface area contributed by atoms with E-state index in [9.17, 15) is 9.59 Å². The lowest BCUT2D eigenvalue weighted by atomic mass is 10.1. The summed E-state index contributed by atoms with van der Waals surface area (Å²) in [6.45, 7) is 4.75. The van der Waals surface area contributed by atoms with E-state index in [4.69, 9.17) is 0 Å². The molecule has 5 nitrogen and oxygen atoms in total. The minimum atomic E-state index is -0.0856. The van der Waals surface area contributed by atoms with Crippen molar-refractivity contribution >= 4 is 11.8 Å². The number of amides is 2. The van der Waals surface area contributed by atoms with E-state index in [0.29, 0.717) is 24.9 Å². The lowest BCUT2D eigenvalue weighted by molar-refractivity contribution is -0.121. The number of carbonyl (C=O) groups is 2. The third kappa shape index (κ3) is 7.13. The number of benzene rings is 1. The molecular weight excluding hydrogens is 302 g/mol. The highest BCUT2D eigenvalue weighted by Gasteiger charge is 2.09. The zero-order valence-electron chi connectivity index (χ0n) is 14.4. The second-order valence-corrected chi connectivity index (χ2v) is 6.33. The predicted molar refractivity (Wildman–Crippen MR) is 95.9 cm³/mol. The molecular formula is C19H29N3O2. The van der Waals surface area contributed by atoms with E-state index < -0.39 is 0 Å². The van der Waals surface area contributed by atoms with Crippen molar-refractivity contribution in [1.29, 1.82) is 0 Å². The van der Waals surface area contributed by atoms with Crippen LogP contribution in [0, 0.1) is 0 Å². The second-order valence-electron chi connectivity index (χ2n) is 6.33. The summed E-state index contributed by atoms with van der Waals surface area (Å²) in [4.78, 5) is 26.1. The molecule has 2 N–H and O–H groups in total. The van der Waals surface area contributed by atoms with Crippen molar-refractivity contribution < 1.29 is 9.59 Å². The van der Waals surface area contributed by atoms with E-state index in [1.807, 2.05) is 18.2 Å². The Balaban J connectivity index is 1.47. The zero-order valence-corrected chi connectivity index (χ0v) is 14.4. The summed E-state index contributed by atoms with van der Waals surface area (Å²) in [6.07, 6.45) is 6.10. The Labute approximate surface area is 144 Å². The molecule has 132 valence electrons. The molecule has 24 heavy (non-hydrogen) atoms. The number of likely N-dealkylation sites (tertiary alicyclic amines) is 1. The number of hydrogen-bond acceptors (Lipinski definition) is 3. The van der Waals surface area contributed by atoms with Gasteiger partial charge in [0, 0.05) is 25.1 Å². The molecule has 2 amide bonds. The fourth-order valence-corrected chi connectivity index (χ4v) is 2.94. The molecule has 2 rings (SSSR count). The number of nitrogens with one attached hydrogen (secondary N) is 2. The van der Waals surface area contributed by atoms with Gasteiger partial charge >= 0.3 is 0 Å². The van der Waals surface area contributed by atoms with Gasteiger partial charge in [-0.1, -0.05) is 24.6 Å². The molecule has 1 heterocycles. The summed E-state index contributed by atoms with van der Waals surface area (Å²) in [6, 6.07) is 9.12. The van der Waals surface area contributed by atoms with Gasteiger partial charge in [0.15, 0.2) is 0 Å². The van der Waals surface area contributed by atoms with Crippen LogP contribution in [0.3, 0.4) is 0 Å². The summed E-state index contributed by atoms with van der Waals surface area (Å²) in [5, 5.41) is 5.80. The van der Waals surface area contributed by atoms with Gasteiger partial charge in [-0.05, 0) is 57.5 Å². The molecule has 0 bridgehead atoms. The predicted octanol–water partition coefficient (Wildman–Crippen LogP) is 2.19. The first-order valence-corrected chi connectivity index (χ1v) is 9.08. The summed E-state index contributed by atoms with van der Waals surface area (Å²) in [5.74, 6) is -0.0138. The van der Waals surface area contributed by atoms with Crippen LogP contribution in [-0.4, -0.2) is 49.4 Å². The molecule has 0 spiro atoms. The average molecular weight is 331 g/mol. The van der Waals surface area contributed by atoms with Gasteiger partial charge < -0.3 is 15.5 Å². The highest BCUT2D eigenvalue weighted by molar-refractivity contribution is 5.94. The first-order valence-electron chi connectivity index (χ1n) is 9.08. The lowest BCUT2D eigenvalue weighted by Crippen LogP contribution is -2.33. The van der Waals surface area contributed by atoms with Crippen molar-refractivity contribution in [3.8, 4) is 0 Å². The number of hydrogen-bond donors (Lipinski definition) is 2. The number of nitrogens with zero attached hydrogens (tertiary/aromatic N) is 1. The van der Waals surface area contributed by atoms with Gasteiger partial charge in [0.2, 0.25) is 5.91 Å². The van der Waals surface area contributed by atoms with Crippen LogP contribution < -0.4 is 10.6 Å². The third-order valence-corrected chi connectivity index (χ3v) is 4.32. The molecule has 0 radical (unpaired) electrons. The highest BCUT2D eigenvalue weighted by atomic mass is 16.2. The smallest absolute Gasteiger partial charge is 0.251 e. The molecule has 1 fully saturated rings. The van der Waals surface area contributed by atoms with Gasteiger partial charge in [0.25, 0.3) is 5.91 Å². The molecule has 1 aromatic carbocycles. The molecule has 0 unspecified atom stereocenters. The molecule has 1 aromatic rings. The Kier molecular flexibility index (Phi) is 8.32. The Morgan fingerprint density at radius 1 is 0.917 bits per heavy atom. The maximum absolute atomic E-state index is 11.8. The van der Waals surface area contributed by atoms with Crippen LogP contribution in [0.1, 0.15) is 48.9 Å². The van der Waals surface area contributed by atoms with E-state index in [0.717, 1.165) is 19.5 Å². The number of carbonyl (C=O) groups excluding carboxylic acids is 2. The maximum Gasteiger partial charge on any atom is 0.251 e. The van der Waals surface area contributed by atoms with Crippen molar-refractivity contribution in [3.63, 3.8) is 0 Å². The SMILES string of the molecule is O=C(CCCNC(=O)c1ccccc1)NCCCN1CCCCC1. The van der Waals surface area contributed by atoms with Gasteiger partial charge in [0.1, 0.15) is 0 Å². The van der Waals surface area contributed by atoms with Crippen LogP contribution in [0.2, 0.25) is 0 Å². The number of piperidine rings is 1. The van der Waals surface area contributed by atoms with Crippen molar-refractivity contribution in [2.75, 3.05) is 32.7 Å². The molecule has 0 saturated carbocycles. The Morgan fingerprint density at radius 3 is 2.38 bits per heavy atom. The van der Waals surface area contributed by atoms with Crippen molar-refractivity contribution in [2.45, 2.75) is 38.5 Å². The van der Waals surface area contributed by atoms with E-state index in [1.165, 1.54) is 32.4 Å². The molecule has 0 atom stereocenters. The molecule has 0 aromatic heterocycles. The Bertz CT molecular complexity index is 499. The summed E-state index contributed by atoms with van der Waals surface area (Å²) in [5.41, 5.74) is 0.652. The molecule has 1 aliphatic heterocycles. The van der Waals surface area contributed by atoms with Crippen molar-refractivity contribution in [3.05, 3.63) is 35.9 Å². The number of rotatable bonds is 9. The second kappa shape index (κ2) is 10.8. The van der Waals surface area contributed by atoms with Crippen LogP contribution in [0.5, 0.6) is 0 Å². The highest BCUT2D eigenvalue weighted by Crippen LogP contribution is 2.08. The summed E-state index contributed by atoms with van der Waals surface area (Å²) < 4.78 is 0. The van der Waals surface area contributed by atoms with E-state index in [-0.39, 0.29) is 11.8 Å². The van der Waals surface area contributed by atoms with Gasteiger partial charge in [-0.3, -0.25) is 9.59 Å². The Hall–Kier alpha value is -1.88. The Morgan fingerprint density at radius 2 is 1.62 bits per heavy atom. The first-order chi connectivity index (χ1) is 11.8. The molecule has 0 aliphatic carbocycles. The third-order valence-electron chi connectivity index (χ3n) is 4.32. The summed E-state index contributed by atoms with van der Waals surface area (Å²) in [7, 11) is 0. The van der Waals surface area contributed by atoms with Crippen LogP contribution >= 0.6 is 0 Å². The largest absolute Gasteiger partial charge is 0.356 e. The quantitative estimate of drug-likeness (QED) is 0.682. The lowest BCUT2D eigenvalue weighted by Gasteiger charge is -2.26.